The number of benzene rings is 1. The molecule has 0 spiro atoms. The van der Waals surface area contributed by atoms with E-state index in [-0.39, 0.29) is 12.3 Å². The van der Waals surface area contributed by atoms with E-state index in [9.17, 15) is 4.79 Å². The minimum Gasteiger partial charge on any atom is -0.495 e. The Morgan fingerprint density at radius 1 is 1.59 bits per heavy atom. The second-order valence-corrected chi connectivity index (χ2v) is 4.70. The molecule has 1 aromatic rings. The maximum Gasteiger partial charge on any atom is 0.224 e. The van der Waals surface area contributed by atoms with Gasteiger partial charge in [0.1, 0.15) is 5.75 Å². The standard InChI is InChI=1S/C12H16BrNO3/c1-8(15)3-6-12(16)14-10-7-9(13)4-5-11(10)17-2/h4-5,7-8,15H,3,6H2,1-2H3,(H,14,16). The van der Waals surface area contributed by atoms with Crippen LogP contribution in [0.5, 0.6) is 5.75 Å². The van der Waals surface area contributed by atoms with Crippen LogP contribution in [0.2, 0.25) is 0 Å². The summed E-state index contributed by atoms with van der Waals surface area (Å²) < 4.78 is 6.01. The van der Waals surface area contributed by atoms with E-state index in [4.69, 9.17) is 9.84 Å². The number of nitrogens with one attached hydrogen (secondary N) is 1. The number of hydrogen-bond donors (Lipinski definition) is 2. The van der Waals surface area contributed by atoms with Crippen molar-refractivity contribution >= 4 is 27.5 Å². The molecule has 1 unspecified atom stereocenters. The van der Waals surface area contributed by atoms with Crippen LogP contribution in [0.1, 0.15) is 19.8 Å². The topological polar surface area (TPSA) is 58.6 Å². The molecule has 0 radical (unpaired) electrons. The third-order valence-corrected chi connectivity index (χ3v) is 2.72. The van der Waals surface area contributed by atoms with Gasteiger partial charge in [0.2, 0.25) is 5.91 Å². The number of ether oxygens (including phenoxy) is 1. The molecule has 2 N–H and O–H groups in total. The van der Waals surface area contributed by atoms with Gasteiger partial charge in [-0.15, -0.1) is 0 Å². The van der Waals surface area contributed by atoms with E-state index >= 15 is 0 Å². The molecule has 1 aromatic carbocycles. The Labute approximate surface area is 109 Å². The first-order chi connectivity index (χ1) is 8.02. The fourth-order valence-corrected chi connectivity index (χ4v) is 1.69. The van der Waals surface area contributed by atoms with Crippen molar-refractivity contribution in [3.63, 3.8) is 0 Å². The van der Waals surface area contributed by atoms with Gasteiger partial charge in [-0.2, -0.15) is 0 Å². The summed E-state index contributed by atoms with van der Waals surface area (Å²) in [7, 11) is 1.55. The van der Waals surface area contributed by atoms with Gasteiger partial charge in [0.05, 0.1) is 18.9 Å². The van der Waals surface area contributed by atoms with Gasteiger partial charge in [-0.1, -0.05) is 15.9 Å². The summed E-state index contributed by atoms with van der Waals surface area (Å²) in [5.41, 5.74) is 0.623. The predicted molar refractivity (Wildman–Crippen MR) is 70.2 cm³/mol. The van der Waals surface area contributed by atoms with E-state index in [0.717, 1.165) is 4.47 Å². The molecule has 4 nitrogen and oxygen atoms in total. The number of aliphatic hydroxyl groups is 1. The summed E-state index contributed by atoms with van der Waals surface area (Å²) >= 11 is 3.33. The first-order valence-corrected chi connectivity index (χ1v) is 6.13. The molecular formula is C12H16BrNO3. The van der Waals surface area contributed by atoms with Crippen molar-refractivity contribution < 1.29 is 14.6 Å². The number of rotatable bonds is 5. The second kappa shape index (κ2) is 6.61. The highest BCUT2D eigenvalue weighted by Gasteiger charge is 2.09. The summed E-state index contributed by atoms with van der Waals surface area (Å²) in [4.78, 5) is 11.6. The third-order valence-electron chi connectivity index (χ3n) is 2.22. The van der Waals surface area contributed by atoms with Gasteiger partial charge in [-0.25, -0.2) is 0 Å². The van der Waals surface area contributed by atoms with Crippen molar-refractivity contribution in [2.24, 2.45) is 0 Å². The third kappa shape index (κ3) is 4.75. The molecule has 0 saturated heterocycles. The van der Waals surface area contributed by atoms with Gasteiger partial charge < -0.3 is 15.2 Å². The van der Waals surface area contributed by atoms with Crippen LogP contribution in [-0.2, 0) is 4.79 Å². The highest BCUT2D eigenvalue weighted by Crippen LogP contribution is 2.28. The molecule has 0 aliphatic rings. The fourth-order valence-electron chi connectivity index (χ4n) is 1.33. The van der Waals surface area contributed by atoms with E-state index in [1.165, 1.54) is 0 Å². The number of anilines is 1. The average molecular weight is 302 g/mol. The molecule has 0 heterocycles. The maximum atomic E-state index is 11.6. The highest BCUT2D eigenvalue weighted by atomic mass is 79.9. The van der Waals surface area contributed by atoms with E-state index in [0.29, 0.717) is 17.9 Å². The maximum absolute atomic E-state index is 11.6. The smallest absolute Gasteiger partial charge is 0.224 e. The van der Waals surface area contributed by atoms with Crippen molar-refractivity contribution in [1.82, 2.24) is 0 Å². The second-order valence-electron chi connectivity index (χ2n) is 3.78. The molecule has 0 aliphatic heterocycles. The Hall–Kier alpha value is -1.07. The van der Waals surface area contributed by atoms with E-state index in [2.05, 4.69) is 21.2 Å². The van der Waals surface area contributed by atoms with Crippen LogP contribution < -0.4 is 10.1 Å². The summed E-state index contributed by atoms with van der Waals surface area (Å²) in [6.07, 6.45) is 0.264. The zero-order chi connectivity index (χ0) is 12.8. The summed E-state index contributed by atoms with van der Waals surface area (Å²) in [5, 5.41) is 11.9. The molecule has 94 valence electrons. The first-order valence-electron chi connectivity index (χ1n) is 5.34. The SMILES string of the molecule is COc1ccc(Br)cc1NC(=O)CCC(C)O. The molecule has 0 bridgehead atoms. The minimum absolute atomic E-state index is 0.137. The number of amides is 1. The Balaban J connectivity index is 2.66. The molecule has 0 fully saturated rings. The summed E-state index contributed by atoms with van der Waals surface area (Å²) in [5.74, 6) is 0.473. The molecule has 0 aromatic heterocycles. The van der Waals surface area contributed by atoms with Crippen molar-refractivity contribution in [1.29, 1.82) is 0 Å². The summed E-state index contributed by atoms with van der Waals surface area (Å²) in [6, 6.07) is 5.39. The van der Waals surface area contributed by atoms with Crippen LogP contribution in [-0.4, -0.2) is 24.2 Å². The van der Waals surface area contributed by atoms with Gasteiger partial charge in [0.25, 0.3) is 0 Å². The van der Waals surface area contributed by atoms with Crippen molar-refractivity contribution in [2.75, 3.05) is 12.4 Å². The lowest BCUT2D eigenvalue weighted by Gasteiger charge is -2.11. The number of methoxy groups -OCH3 is 1. The highest BCUT2D eigenvalue weighted by molar-refractivity contribution is 9.10. The molecule has 1 atom stereocenters. The van der Waals surface area contributed by atoms with Crippen molar-refractivity contribution in [2.45, 2.75) is 25.9 Å². The normalized spacial score (nSPS) is 12.0. The minimum atomic E-state index is -0.467. The van der Waals surface area contributed by atoms with Gasteiger partial charge in [0, 0.05) is 10.9 Å². The van der Waals surface area contributed by atoms with E-state index in [1.807, 2.05) is 6.07 Å². The van der Waals surface area contributed by atoms with Crippen molar-refractivity contribution in [3.05, 3.63) is 22.7 Å². The summed E-state index contributed by atoms with van der Waals surface area (Å²) in [6.45, 7) is 1.66. The number of hydrogen-bond acceptors (Lipinski definition) is 3. The first kappa shape index (κ1) is 14.0. The largest absolute Gasteiger partial charge is 0.495 e. The van der Waals surface area contributed by atoms with E-state index in [1.54, 1.807) is 26.2 Å². The Kier molecular flexibility index (Phi) is 5.44. The van der Waals surface area contributed by atoms with Crippen LogP contribution in [0.25, 0.3) is 0 Å². The number of carbonyl (C=O) groups is 1. The molecular weight excluding hydrogens is 286 g/mol. The predicted octanol–water partition coefficient (Wildman–Crippen LogP) is 2.56. The van der Waals surface area contributed by atoms with Gasteiger partial charge in [-0.05, 0) is 31.5 Å². The van der Waals surface area contributed by atoms with Crippen LogP contribution >= 0.6 is 15.9 Å². The Morgan fingerprint density at radius 3 is 2.88 bits per heavy atom. The molecule has 0 aliphatic carbocycles. The lowest BCUT2D eigenvalue weighted by atomic mass is 10.2. The van der Waals surface area contributed by atoms with E-state index < -0.39 is 6.10 Å². The van der Waals surface area contributed by atoms with Crippen LogP contribution in [0.4, 0.5) is 5.69 Å². The van der Waals surface area contributed by atoms with Gasteiger partial charge in [0.15, 0.2) is 0 Å². The van der Waals surface area contributed by atoms with Gasteiger partial charge >= 0.3 is 0 Å². The van der Waals surface area contributed by atoms with Crippen LogP contribution in [0.3, 0.4) is 0 Å². The van der Waals surface area contributed by atoms with Crippen molar-refractivity contribution in [3.8, 4) is 5.75 Å². The zero-order valence-corrected chi connectivity index (χ0v) is 11.5. The van der Waals surface area contributed by atoms with Crippen LogP contribution in [0, 0.1) is 0 Å². The molecule has 17 heavy (non-hydrogen) atoms. The number of aliphatic hydroxyl groups excluding tert-OH is 1. The van der Waals surface area contributed by atoms with Gasteiger partial charge in [-0.3, -0.25) is 4.79 Å². The molecule has 0 saturated carbocycles. The Morgan fingerprint density at radius 2 is 2.29 bits per heavy atom. The number of halogens is 1. The fraction of sp³-hybridized carbons (Fsp3) is 0.417. The number of carbonyl (C=O) groups excluding carboxylic acids is 1. The lowest BCUT2D eigenvalue weighted by Crippen LogP contribution is -2.14. The molecule has 1 rings (SSSR count). The molecule has 5 heteroatoms. The van der Waals surface area contributed by atoms with Crippen LogP contribution in [0.15, 0.2) is 22.7 Å². The average Bonchev–Trinajstić information content (AvgIpc) is 2.27. The quantitative estimate of drug-likeness (QED) is 0.879. The monoisotopic (exact) mass is 301 g/mol. The molecule has 1 amide bonds. The Bertz CT molecular complexity index is 393. The lowest BCUT2D eigenvalue weighted by molar-refractivity contribution is -0.116. The zero-order valence-electron chi connectivity index (χ0n) is 9.87.